The molecule has 0 N–H and O–H groups in total. The first-order valence-electron chi connectivity index (χ1n) is 18.8. The molecule has 0 aliphatic carbocycles. The van der Waals surface area contributed by atoms with E-state index < -0.39 is 0 Å². The molecule has 4 nitrogen and oxygen atoms in total. The Balaban J connectivity index is 6.06. The molecule has 6 unspecified atom stereocenters. The minimum Gasteiger partial charge on any atom is -0.378 e. The summed E-state index contributed by atoms with van der Waals surface area (Å²) in [5.74, 6) is 7.11. The van der Waals surface area contributed by atoms with Gasteiger partial charge < -0.3 is 18.9 Å². The third-order valence-electron chi connectivity index (χ3n) is 9.56. The quantitative estimate of drug-likeness (QED) is 0.0909. The standard InChI is InChI=1S/C40H82O4/c1-27(2)17-35(31(9)10)21-41-25-39(43-23-37(33(13)14)19-29(5)6)40(44-24-38(34(15)16)20-30(7)8)26-42-22-36(32(11)12)18-28(3)4/h27-40H,17-26H2,1-16H3. The Kier molecular flexibility index (Phi) is 24.0. The zero-order chi connectivity index (χ0) is 34.0. The monoisotopic (exact) mass is 627 g/mol. The van der Waals surface area contributed by atoms with Gasteiger partial charge in [-0.05, 0) is 96.7 Å². The third-order valence-corrected chi connectivity index (χ3v) is 9.56. The highest BCUT2D eigenvalue weighted by Gasteiger charge is 2.29. The molecule has 0 aliphatic rings. The van der Waals surface area contributed by atoms with Crippen molar-refractivity contribution in [3.63, 3.8) is 0 Å². The molecule has 0 heterocycles. The second-order valence-electron chi connectivity index (χ2n) is 17.4. The fourth-order valence-corrected chi connectivity index (χ4v) is 6.24. The van der Waals surface area contributed by atoms with E-state index in [1.54, 1.807) is 0 Å². The number of hydrogen-bond acceptors (Lipinski definition) is 4. The van der Waals surface area contributed by atoms with Crippen molar-refractivity contribution < 1.29 is 18.9 Å². The summed E-state index contributed by atoms with van der Waals surface area (Å²) in [5, 5.41) is 0. The molecule has 4 heteroatoms. The van der Waals surface area contributed by atoms with Crippen LogP contribution in [0, 0.1) is 71.0 Å². The normalized spacial score (nSPS) is 17.2. The van der Waals surface area contributed by atoms with E-state index in [0.717, 1.165) is 26.4 Å². The summed E-state index contributed by atoms with van der Waals surface area (Å²) in [6.07, 6.45) is 4.43. The molecular weight excluding hydrogens is 544 g/mol. The van der Waals surface area contributed by atoms with Crippen LogP contribution in [0.1, 0.15) is 136 Å². The van der Waals surface area contributed by atoms with Gasteiger partial charge >= 0.3 is 0 Å². The fourth-order valence-electron chi connectivity index (χ4n) is 6.24. The first-order chi connectivity index (χ1) is 20.4. The van der Waals surface area contributed by atoms with E-state index >= 15 is 0 Å². The highest BCUT2D eigenvalue weighted by Crippen LogP contribution is 2.26. The summed E-state index contributed by atoms with van der Waals surface area (Å²) in [6, 6.07) is 0. The molecule has 6 atom stereocenters. The van der Waals surface area contributed by atoms with Gasteiger partial charge in [0, 0.05) is 13.2 Å². The molecule has 0 aromatic carbocycles. The summed E-state index contributed by atoms with van der Waals surface area (Å²) in [4.78, 5) is 0. The average molecular weight is 627 g/mol. The lowest BCUT2D eigenvalue weighted by molar-refractivity contribution is -0.146. The van der Waals surface area contributed by atoms with Crippen molar-refractivity contribution in [2.75, 3.05) is 39.6 Å². The maximum Gasteiger partial charge on any atom is 0.109 e. The SMILES string of the molecule is CC(C)CC(COCC(OCC(CC(C)C)C(C)C)C(COCC(CC(C)C)C(C)C)OCC(CC(C)C)C(C)C)C(C)C. The van der Waals surface area contributed by atoms with Gasteiger partial charge in [0.1, 0.15) is 12.2 Å². The van der Waals surface area contributed by atoms with Crippen LogP contribution in [-0.2, 0) is 18.9 Å². The summed E-state index contributed by atoms with van der Waals surface area (Å²) in [7, 11) is 0. The van der Waals surface area contributed by atoms with Crippen LogP contribution in [0.3, 0.4) is 0 Å². The summed E-state index contributed by atoms with van der Waals surface area (Å²) >= 11 is 0. The molecular formula is C40H82O4. The van der Waals surface area contributed by atoms with Crippen LogP contribution in [0.2, 0.25) is 0 Å². The van der Waals surface area contributed by atoms with Gasteiger partial charge in [-0.3, -0.25) is 0 Å². The van der Waals surface area contributed by atoms with Crippen LogP contribution in [0.25, 0.3) is 0 Å². The van der Waals surface area contributed by atoms with Gasteiger partial charge in [-0.25, -0.2) is 0 Å². The first kappa shape index (κ1) is 43.8. The van der Waals surface area contributed by atoms with Crippen molar-refractivity contribution in [3.05, 3.63) is 0 Å². The Labute approximate surface area is 277 Å². The lowest BCUT2D eigenvalue weighted by atomic mass is 9.88. The van der Waals surface area contributed by atoms with Crippen molar-refractivity contribution in [2.24, 2.45) is 71.0 Å². The van der Waals surface area contributed by atoms with E-state index in [0.29, 0.717) is 84.2 Å². The van der Waals surface area contributed by atoms with Crippen molar-refractivity contribution in [1.29, 1.82) is 0 Å². The second-order valence-corrected chi connectivity index (χ2v) is 17.4. The topological polar surface area (TPSA) is 36.9 Å². The molecule has 0 saturated carbocycles. The van der Waals surface area contributed by atoms with Gasteiger partial charge in [-0.1, -0.05) is 111 Å². The summed E-state index contributed by atoms with van der Waals surface area (Å²) in [6.45, 7) is 41.3. The Bertz CT molecular complexity index is 598. The van der Waals surface area contributed by atoms with E-state index in [9.17, 15) is 0 Å². The maximum atomic E-state index is 6.87. The molecule has 44 heavy (non-hydrogen) atoms. The molecule has 266 valence electrons. The zero-order valence-corrected chi connectivity index (χ0v) is 32.8. The summed E-state index contributed by atoms with van der Waals surface area (Å²) < 4.78 is 26.8. The molecule has 0 fully saturated rings. The number of hydrogen-bond donors (Lipinski definition) is 0. The molecule has 0 bridgehead atoms. The maximum absolute atomic E-state index is 6.87. The van der Waals surface area contributed by atoms with Crippen LogP contribution < -0.4 is 0 Å². The molecule has 0 rings (SSSR count). The van der Waals surface area contributed by atoms with Crippen molar-refractivity contribution in [3.8, 4) is 0 Å². The van der Waals surface area contributed by atoms with Crippen molar-refractivity contribution in [1.82, 2.24) is 0 Å². The van der Waals surface area contributed by atoms with Crippen LogP contribution in [0.4, 0.5) is 0 Å². The van der Waals surface area contributed by atoms with E-state index in [-0.39, 0.29) is 12.2 Å². The lowest BCUT2D eigenvalue weighted by Gasteiger charge is -2.33. The third kappa shape index (κ3) is 20.9. The summed E-state index contributed by atoms with van der Waals surface area (Å²) in [5.41, 5.74) is 0. The molecule has 0 radical (unpaired) electrons. The molecule has 0 amide bonds. The Hall–Kier alpha value is -0.160. The Morgan fingerprint density at radius 2 is 0.523 bits per heavy atom. The number of rotatable bonds is 27. The largest absolute Gasteiger partial charge is 0.378 e. The van der Waals surface area contributed by atoms with Crippen LogP contribution in [-0.4, -0.2) is 51.8 Å². The molecule has 0 aromatic heterocycles. The van der Waals surface area contributed by atoms with Gasteiger partial charge in [-0.2, -0.15) is 0 Å². The highest BCUT2D eigenvalue weighted by molar-refractivity contribution is 4.77. The van der Waals surface area contributed by atoms with Crippen LogP contribution in [0.5, 0.6) is 0 Å². The fraction of sp³-hybridized carbons (Fsp3) is 1.00. The minimum absolute atomic E-state index is 0.148. The molecule has 0 aromatic rings. The van der Waals surface area contributed by atoms with Gasteiger partial charge in [0.2, 0.25) is 0 Å². The van der Waals surface area contributed by atoms with Crippen LogP contribution >= 0.6 is 0 Å². The Morgan fingerprint density at radius 3 is 0.727 bits per heavy atom. The van der Waals surface area contributed by atoms with Crippen molar-refractivity contribution >= 4 is 0 Å². The second kappa shape index (κ2) is 24.1. The minimum atomic E-state index is -0.148. The van der Waals surface area contributed by atoms with Crippen LogP contribution in [0.15, 0.2) is 0 Å². The van der Waals surface area contributed by atoms with E-state index in [4.69, 9.17) is 18.9 Å². The van der Waals surface area contributed by atoms with Gasteiger partial charge in [0.25, 0.3) is 0 Å². The van der Waals surface area contributed by atoms with Gasteiger partial charge in [0.15, 0.2) is 0 Å². The highest BCUT2D eigenvalue weighted by atomic mass is 16.6. The van der Waals surface area contributed by atoms with Gasteiger partial charge in [-0.15, -0.1) is 0 Å². The van der Waals surface area contributed by atoms with E-state index in [1.165, 1.54) is 25.7 Å². The Morgan fingerprint density at radius 1 is 0.295 bits per heavy atom. The van der Waals surface area contributed by atoms with E-state index in [1.807, 2.05) is 0 Å². The first-order valence-corrected chi connectivity index (χ1v) is 18.8. The number of ether oxygens (including phenoxy) is 4. The van der Waals surface area contributed by atoms with Crippen molar-refractivity contribution in [2.45, 2.75) is 149 Å². The lowest BCUT2D eigenvalue weighted by Crippen LogP contribution is -2.42. The van der Waals surface area contributed by atoms with Gasteiger partial charge in [0.05, 0.1) is 26.4 Å². The molecule has 0 spiro atoms. The van der Waals surface area contributed by atoms with E-state index in [2.05, 4.69) is 111 Å². The molecule has 0 aliphatic heterocycles. The molecule has 0 saturated heterocycles. The predicted octanol–water partition coefficient (Wildman–Crippen LogP) is 11.1. The average Bonchev–Trinajstić information content (AvgIpc) is 2.88. The smallest absolute Gasteiger partial charge is 0.109 e. The predicted molar refractivity (Wildman–Crippen MR) is 192 cm³/mol. The zero-order valence-electron chi connectivity index (χ0n) is 32.8.